The van der Waals surface area contributed by atoms with Crippen LogP contribution in [-0.4, -0.2) is 9.38 Å². The molecule has 0 radical (unpaired) electrons. The average molecular weight is 390 g/mol. The maximum Gasteiger partial charge on any atom is 0.137 e. The first kappa shape index (κ1) is 13.3. The Hall–Kier alpha value is -1.40. The summed E-state index contributed by atoms with van der Waals surface area (Å²) in [5, 5.41) is 0. The van der Waals surface area contributed by atoms with Gasteiger partial charge in [0.2, 0.25) is 0 Å². The monoisotopic (exact) mass is 390 g/mol. The molecule has 3 aromatic rings. The van der Waals surface area contributed by atoms with Gasteiger partial charge in [-0.05, 0) is 59.7 Å². The molecule has 4 rings (SSSR count). The number of benzene rings is 1. The molecule has 0 saturated carbocycles. The Morgan fingerprint density at radius 3 is 2.71 bits per heavy atom. The van der Waals surface area contributed by atoms with Gasteiger partial charge in [-0.2, -0.15) is 0 Å². The van der Waals surface area contributed by atoms with Crippen molar-refractivity contribution in [2.45, 2.75) is 26.1 Å². The molecule has 0 bridgehead atoms. The van der Waals surface area contributed by atoms with Crippen molar-refractivity contribution in [3.05, 3.63) is 68.7 Å². The molecule has 1 unspecified atom stereocenters. The van der Waals surface area contributed by atoms with Crippen LogP contribution < -0.4 is 0 Å². The SMILES string of the molecule is Cc1nc2ccc(I)cn2c1C1O[C@@H](C)c2ccccc21. The number of rotatable bonds is 1. The van der Waals surface area contributed by atoms with Crippen molar-refractivity contribution in [3.8, 4) is 0 Å². The highest BCUT2D eigenvalue weighted by molar-refractivity contribution is 14.1. The zero-order chi connectivity index (χ0) is 14.6. The Morgan fingerprint density at radius 1 is 1.14 bits per heavy atom. The van der Waals surface area contributed by atoms with E-state index in [1.54, 1.807) is 0 Å². The predicted molar refractivity (Wildman–Crippen MR) is 90.4 cm³/mol. The Labute approximate surface area is 137 Å². The molecule has 0 N–H and O–H groups in total. The Balaban J connectivity index is 1.96. The lowest BCUT2D eigenvalue weighted by Gasteiger charge is -2.13. The maximum absolute atomic E-state index is 6.24. The summed E-state index contributed by atoms with van der Waals surface area (Å²) in [5.74, 6) is 0. The van der Waals surface area contributed by atoms with Crippen molar-refractivity contribution in [1.82, 2.24) is 9.38 Å². The number of hydrogen-bond donors (Lipinski definition) is 0. The molecule has 21 heavy (non-hydrogen) atoms. The molecule has 1 aliphatic heterocycles. The first-order chi connectivity index (χ1) is 10.1. The summed E-state index contributed by atoms with van der Waals surface area (Å²) in [4.78, 5) is 4.68. The summed E-state index contributed by atoms with van der Waals surface area (Å²) in [7, 11) is 0. The predicted octanol–water partition coefficient (Wildman–Crippen LogP) is 4.43. The fourth-order valence-electron chi connectivity index (χ4n) is 3.15. The van der Waals surface area contributed by atoms with E-state index in [0.29, 0.717) is 0 Å². The Kier molecular flexibility index (Phi) is 3.04. The molecular weight excluding hydrogens is 375 g/mol. The van der Waals surface area contributed by atoms with Gasteiger partial charge in [0.05, 0.1) is 17.5 Å². The highest BCUT2D eigenvalue weighted by Gasteiger charge is 2.33. The van der Waals surface area contributed by atoms with Crippen LogP contribution >= 0.6 is 22.6 Å². The second-order valence-electron chi connectivity index (χ2n) is 5.45. The average Bonchev–Trinajstić information content (AvgIpc) is 2.96. The molecular formula is C17H15IN2O. The molecule has 0 aliphatic carbocycles. The largest absolute Gasteiger partial charge is 0.360 e. The van der Waals surface area contributed by atoms with Crippen LogP contribution in [0.15, 0.2) is 42.6 Å². The lowest BCUT2D eigenvalue weighted by molar-refractivity contribution is 0.0423. The van der Waals surface area contributed by atoms with Crippen LogP contribution in [0, 0.1) is 10.5 Å². The summed E-state index contributed by atoms with van der Waals surface area (Å²) < 4.78 is 9.60. The molecule has 1 aromatic carbocycles. The van der Waals surface area contributed by atoms with Crippen LogP contribution in [0.3, 0.4) is 0 Å². The molecule has 106 valence electrons. The summed E-state index contributed by atoms with van der Waals surface area (Å²) >= 11 is 2.33. The molecule has 3 heterocycles. The number of ether oxygens (including phenoxy) is 1. The quantitative estimate of drug-likeness (QED) is 0.575. The molecule has 0 amide bonds. The lowest BCUT2D eigenvalue weighted by Crippen LogP contribution is -2.05. The number of nitrogens with zero attached hydrogens (tertiary/aromatic N) is 2. The minimum atomic E-state index is -0.0376. The van der Waals surface area contributed by atoms with Gasteiger partial charge >= 0.3 is 0 Å². The highest BCUT2D eigenvalue weighted by Crippen LogP contribution is 2.43. The van der Waals surface area contributed by atoms with Gasteiger partial charge in [0.1, 0.15) is 11.8 Å². The van der Waals surface area contributed by atoms with Gasteiger partial charge in [-0.15, -0.1) is 0 Å². The minimum absolute atomic E-state index is 0.0376. The van der Waals surface area contributed by atoms with E-state index in [1.165, 1.54) is 14.7 Å². The minimum Gasteiger partial charge on any atom is -0.360 e. The van der Waals surface area contributed by atoms with E-state index in [1.807, 2.05) is 0 Å². The summed E-state index contributed by atoms with van der Waals surface area (Å²) in [6, 6.07) is 12.6. The van der Waals surface area contributed by atoms with E-state index in [-0.39, 0.29) is 12.2 Å². The standard InChI is InChI=1S/C17H15IN2O/c1-10-16(20-9-12(18)7-8-15(20)19-10)17-14-6-4-3-5-13(14)11(2)21-17/h3-9,11,17H,1-2H3/t11-,17?/m0/s1. The van der Waals surface area contributed by atoms with Crippen molar-refractivity contribution >= 4 is 28.2 Å². The van der Waals surface area contributed by atoms with E-state index in [9.17, 15) is 0 Å². The number of aromatic nitrogens is 2. The van der Waals surface area contributed by atoms with Gasteiger partial charge in [0.15, 0.2) is 0 Å². The fourth-order valence-corrected chi connectivity index (χ4v) is 3.61. The van der Waals surface area contributed by atoms with Crippen LogP contribution in [0.4, 0.5) is 0 Å². The van der Waals surface area contributed by atoms with Gasteiger partial charge in [-0.3, -0.25) is 4.40 Å². The van der Waals surface area contributed by atoms with Crippen LogP contribution in [0.25, 0.3) is 5.65 Å². The summed E-state index contributed by atoms with van der Waals surface area (Å²) in [6.45, 7) is 4.17. The zero-order valence-electron chi connectivity index (χ0n) is 11.9. The second kappa shape index (κ2) is 4.81. The van der Waals surface area contributed by atoms with E-state index >= 15 is 0 Å². The molecule has 1 aliphatic rings. The highest BCUT2D eigenvalue weighted by atomic mass is 127. The van der Waals surface area contributed by atoms with Crippen LogP contribution in [-0.2, 0) is 4.74 Å². The van der Waals surface area contributed by atoms with Crippen molar-refractivity contribution in [1.29, 1.82) is 0 Å². The molecule has 2 atom stereocenters. The van der Waals surface area contributed by atoms with Crippen LogP contribution in [0.1, 0.15) is 41.6 Å². The van der Waals surface area contributed by atoms with E-state index in [4.69, 9.17) is 4.74 Å². The van der Waals surface area contributed by atoms with Crippen molar-refractivity contribution in [2.24, 2.45) is 0 Å². The summed E-state index contributed by atoms with van der Waals surface area (Å²) in [6.07, 6.45) is 2.21. The first-order valence-corrected chi connectivity index (χ1v) is 8.11. The zero-order valence-corrected chi connectivity index (χ0v) is 14.0. The van der Waals surface area contributed by atoms with Crippen LogP contribution in [0.5, 0.6) is 0 Å². The van der Waals surface area contributed by atoms with Gasteiger partial charge in [0.25, 0.3) is 0 Å². The smallest absolute Gasteiger partial charge is 0.137 e. The third-order valence-electron chi connectivity index (χ3n) is 4.11. The Morgan fingerprint density at radius 2 is 1.90 bits per heavy atom. The number of hydrogen-bond acceptors (Lipinski definition) is 2. The number of halogens is 1. The van der Waals surface area contributed by atoms with Gasteiger partial charge in [-0.1, -0.05) is 24.3 Å². The maximum atomic E-state index is 6.24. The number of imidazole rings is 1. The molecule has 0 saturated heterocycles. The second-order valence-corrected chi connectivity index (χ2v) is 6.69. The van der Waals surface area contributed by atoms with Crippen molar-refractivity contribution in [2.75, 3.05) is 0 Å². The summed E-state index contributed by atoms with van der Waals surface area (Å²) in [5.41, 5.74) is 5.69. The Bertz CT molecular complexity index is 840. The lowest BCUT2D eigenvalue weighted by atomic mass is 10.0. The first-order valence-electron chi connectivity index (χ1n) is 7.03. The van der Waals surface area contributed by atoms with Crippen molar-refractivity contribution < 1.29 is 4.74 Å². The van der Waals surface area contributed by atoms with Crippen molar-refractivity contribution in [3.63, 3.8) is 0 Å². The molecule has 0 spiro atoms. The number of fused-ring (bicyclic) bond motifs is 2. The van der Waals surface area contributed by atoms with Gasteiger partial charge in [-0.25, -0.2) is 4.98 Å². The third-order valence-corrected chi connectivity index (χ3v) is 4.75. The van der Waals surface area contributed by atoms with Gasteiger partial charge < -0.3 is 4.74 Å². The van der Waals surface area contributed by atoms with E-state index in [0.717, 1.165) is 17.0 Å². The topological polar surface area (TPSA) is 26.5 Å². The molecule has 4 heteroatoms. The molecule has 0 fully saturated rings. The molecule has 3 nitrogen and oxygen atoms in total. The normalized spacial score (nSPS) is 20.9. The number of pyridine rings is 1. The molecule has 2 aromatic heterocycles. The van der Waals surface area contributed by atoms with Crippen LogP contribution in [0.2, 0.25) is 0 Å². The number of aryl methyl sites for hydroxylation is 1. The third kappa shape index (κ3) is 2.00. The van der Waals surface area contributed by atoms with E-state index in [2.05, 4.69) is 88.4 Å². The fraction of sp³-hybridized carbons (Fsp3) is 0.235. The van der Waals surface area contributed by atoms with E-state index < -0.39 is 0 Å². The van der Waals surface area contributed by atoms with Gasteiger partial charge in [0, 0.05) is 9.77 Å².